The predicted octanol–water partition coefficient (Wildman–Crippen LogP) is 3.58. The van der Waals surface area contributed by atoms with Crippen molar-refractivity contribution < 1.29 is 0 Å². The van der Waals surface area contributed by atoms with Gasteiger partial charge in [-0.05, 0) is 24.6 Å². The van der Waals surface area contributed by atoms with Gasteiger partial charge in [-0.1, -0.05) is 43.4 Å². The van der Waals surface area contributed by atoms with Crippen LogP contribution < -0.4 is 5.32 Å². The van der Waals surface area contributed by atoms with Crippen LogP contribution in [0.25, 0.3) is 0 Å². The van der Waals surface area contributed by atoms with Crippen molar-refractivity contribution in [1.29, 1.82) is 0 Å². The molecule has 0 amide bonds. The van der Waals surface area contributed by atoms with Crippen LogP contribution in [-0.4, -0.2) is 16.7 Å². The second kappa shape index (κ2) is 7.62. The number of nitrogens with zero attached hydrogens (tertiary/aromatic N) is 2. The summed E-state index contributed by atoms with van der Waals surface area (Å²) in [4.78, 5) is 1.28. The molecular weight excluding hydrogens is 274 g/mol. The Balaban J connectivity index is 1.77. The Morgan fingerprint density at radius 3 is 2.63 bits per heavy atom. The van der Waals surface area contributed by atoms with Gasteiger partial charge in [-0.2, -0.15) is 0 Å². The van der Waals surface area contributed by atoms with Crippen molar-refractivity contribution in [2.45, 2.75) is 31.0 Å². The summed E-state index contributed by atoms with van der Waals surface area (Å²) in [5, 5.41) is 14.0. The molecule has 1 heterocycles. The van der Waals surface area contributed by atoms with Crippen molar-refractivity contribution in [2.75, 3.05) is 6.54 Å². The number of nitrogens with one attached hydrogen (secondary N) is 1. The smallest absolute Gasteiger partial charge is 0.131 e. The molecule has 3 nitrogen and oxygen atoms in total. The third-order valence-electron chi connectivity index (χ3n) is 2.44. The van der Waals surface area contributed by atoms with Gasteiger partial charge in [0.2, 0.25) is 0 Å². The van der Waals surface area contributed by atoms with Crippen molar-refractivity contribution in [3.8, 4) is 0 Å². The lowest BCUT2D eigenvalue weighted by Crippen LogP contribution is -2.18. The molecule has 0 bridgehead atoms. The zero-order valence-corrected chi connectivity index (χ0v) is 12.9. The molecule has 2 rings (SSSR count). The molecule has 1 N–H and O–H groups in total. The minimum atomic E-state index is 0.668. The summed E-state index contributed by atoms with van der Waals surface area (Å²) >= 11 is 3.50. The molecule has 1 aromatic heterocycles. The van der Waals surface area contributed by atoms with Crippen molar-refractivity contribution in [1.82, 2.24) is 15.5 Å². The molecule has 0 fully saturated rings. The van der Waals surface area contributed by atoms with Crippen molar-refractivity contribution in [3.05, 3.63) is 40.3 Å². The average molecular weight is 293 g/mol. The fourth-order valence-corrected chi connectivity index (χ4v) is 3.27. The Labute approximate surface area is 122 Å². The molecule has 0 aliphatic heterocycles. The van der Waals surface area contributed by atoms with Crippen LogP contribution in [0.5, 0.6) is 0 Å². The maximum Gasteiger partial charge on any atom is 0.131 e. The first-order chi connectivity index (χ1) is 9.24. The summed E-state index contributed by atoms with van der Waals surface area (Å²) < 4.78 is 0. The molecular formula is C14H19N3S2. The molecule has 5 heteroatoms. The highest BCUT2D eigenvalue weighted by Gasteiger charge is 2.05. The molecule has 0 aliphatic carbocycles. The van der Waals surface area contributed by atoms with Gasteiger partial charge >= 0.3 is 0 Å². The van der Waals surface area contributed by atoms with E-state index in [1.54, 1.807) is 23.1 Å². The molecule has 0 unspecified atom stereocenters. The fraction of sp³-hybridized carbons (Fsp3) is 0.429. The first kappa shape index (κ1) is 14.5. The minimum Gasteiger partial charge on any atom is -0.310 e. The Hall–Kier alpha value is -0.910. The van der Waals surface area contributed by atoms with Crippen LogP contribution in [0.2, 0.25) is 0 Å². The van der Waals surface area contributed by atoms with Gasteiger partial charge in [0, 0.05) is 11.4 Å². The molecule has 0 radical (unpaired) electrons. The number of benzene rings is 1. The van der Waals surface area contributed by atoms with Crippen LogP contribution in [-0.2, 0) is 12.3 Å². The van der Waals surface area contributed by atoms with E-state index >= 15 is 0 Å². The summed E-state index contributed by atoms with van der Waals surface area (Å²) in [7, 11) is 0. The van der Waals surface area contributed by atoms with Gasteiger partial charge in [0.15, 0.2) is 0 Å². The molecule has 0 aliphatic rings. The lowest BCUT2D eigenvalue weighted by atomic mass is 10.2. The average Bonchev–Trinajstić information content (AvgIpc) is 2.85. The summed E-state index contributed by atoms with van der Waals surface area (Å²) in [6.45, 7) is 6.25. The second-order valence-electron chi connectivity index (χ2n) is 4.72. The summed E-state index contributed by atoms with van der Waals surface area (Å²) in [6, 6.07) is 10.4. The topological polar surface area (TPSA) is 37.8 Å². The first-order valence-corrected chi connectivity index (χ1v) is 8.24. The van der Waals surface area contributed by atoms with E-state index in [1.165, 1.54) is 4.90 Å². The third kappa shape index (κ3) is 5.30. The highest BCUT2D eigenvalue weighted by atomic mass is 32.2. The number of rotatable bonds is 7. The zero-order valence-electron chi connectivity index (χ0n) is 11.3. The minimum absolute atomic E-state index is 0.668. The molecule has 0 spiro atoms. The fourth-order valence-electron chi connectivity index (χ4n) is 1.55. The summed E-state index contributed by atoms with van der Waals surface area (Å²) in [6.07, 6.45) is 0. The first-order valence-electron chi connectivity index (χ1n) is 6.44. The molecule has 102 valence electrons. The van der Waals surface area contributed by atoms with Crippen LogP contribution in [0.4, 0.5) is 0 Å². The molecule has 0 saturated heterocycles. The van der Waals surface area contributed by atoms with E-state index in [9.17, 15) is 0 Å². The van der Waals surface area contributed by atoms with Gasteiger partial charge in [-0.15, -0.1) is 22.0 Å². The van der Waals surface area contributed by atoms with Gasteiger partial charge in [-0.3, -0.25) is 0 Å². The van der Waals surface area contributed by atoms with Crippen LogP contribution >= 0.6 is 23.1 Å². The number of hydrogen-bond donors (Lipinski definition) is 1. The van der Waals surface area contributed by atoms with E-state index in [4.69, 9.17) is 0 Å². The zero-order chi connectivity index (χ0) is 13.5. The Bertz CT molecular complexity index is 482. The van der Waals surface area contributed by atoms with E-state index in [-0.39, 0.29) is 0 Å². The predicted molar refractivity (Wildman–Crippen MR) is 82.5 cm³/mol. The van der Waals surface area contributed by atoms with Gasteiger partial charge < -0.3 is 5.32 Å². The van der Waals surface area contributed by atoms with Crippen molar-refractivity contribution in [2.24, 2.45) is 5.92 Å². The van der Waals surface area contributed by atoms with Crippen LogP contribution in [0.15, 0.2) is 35.2 Å². The van der Waals surface area contributed by atoms with Gasteiger partial charge in [0.25, 0.3) is 0 Å². The van der Waals surface area contributed by atoms with Crippen LogP contribution in [0.3, 0.4) is 0 Å². The molecule has 1 aromatic carbocycles. The molecule has 2 aromatic rings. The quantitative estimate of drug-likeness (QED) is 0.792. The number of thioether (sulfide) groups is 1. The SMILES string of the molecule is CC(C)CNCc1nnc(CSc2ccccc2)s1. The lowest BCUT2D eigenvalue weighted by Gasteiger charge is -2.03. The Kier molecular flexibility index (Phi) is 5.82. The number of hydrogen-bond acceptors (Lipinski definition) is 5. The standard InChI is InChI=1S/C14H19N3S2/c1-11(2)8-15-9-13-16-17-14(19-13)10-18-12-6-4-3-5-7-12/h3-7,11,15H,8-10H2,1-2H3. The Morgan fingerprint density at radius 1 is 1.16 bits per heavy atom. The van der Waals surface area contributed by atoms with Gasteiger partial charge in [0.1, 0.15) is 10.0 Å². The van der Waals surface area contributed by atoms with E-state index in [2.05, 4.69) is 53.6 Å². The molecule has 0 saturated carbocycles. The van der Waals surface area contributed by atoms with E-state index in [1.807, 2.05) is 6.07 Å². The lowest BCUT2D eigenvalue weighted by molar-refractivity contribution is 0.550. The van der Waals surface area contributed by atoms with Crippen LogP contribution in [0, 0.1) is 5.92 Å². The largest absolute Gasteiger partial charge is 0.310 e. The molecule has 19 heavy (non-hydrogen) atoms. The highest BCUT2D eigenvalue weighted by Crippen LogP contribution is 2.23. The monoisotopic (exact) mass is 293 g/mol. The Morgan fingerprint density at radius 2 is 1.89 bits per heavy atom. The second-order valence-corrected chi connectivity index (χ2v) is 6.91. The van der Waals surface area contributed by atoms with Crippen molar-refractivity contribution >= 4 is 23.1 Å². The van der Waals surface area contributed by atoms with Crippen molar-refractivity contribution in [3.63, 3.8) is 0 Å². The van der Waals surface area contributed by atoms with Crippen LogP contribution in [0.1, 0.15) is 23.9 Å². The third-order valence-corrected chi connectivity index (χ3v) is 4.57. The maximum atomic E-state index is 4.24. The van der Waals surface area contributed by atoms with Gasteiger partial charge in [0.05, 0.1) is 5.75 Å². The van der Waals surface area contributed by atoms with E-state index < -0.39 is 0 Å². The van der Waals surface area contributed by atoms with Gasteiger partial charge in [-0.25, -0.2) is 0 Å². The number of aromatic nitrogens is 2. The highest BCUT2D eigenvalue weighted by molar-refractivity contribution is 7.98. The van der Waals surface area contributed by atoms with E-state index in [0.29, 0.717) is 5.92 Å². The summed E-state index contributed by atoms with van der Waals surface area (Å²) in [5.41, 5.74) is 0. The normalized spacial score (nSPS) is 11.1. The van der Waals surface area contributed by atoms with E-state index in [0.717, 1.165) is 28.9 Å². The molecule has 0 atom stereocenters. The summed E-state index contributed by atoms with van der Waals surface area (Å²) in [5.74, 6) is 1.56. The maximum absolute atomic E-state index is 4.24.